The van der Waals surface area contributed by atoms with E-state index in [1.54, 1.807) is 18.2 Å². The maximum absolute atomic E-state index is 11.3. The van der Waals surface area contributed by atoms with Crippen molar-refractivity contribution in [1.82, 2.24) is 5.43 Å². The Hall–Kier alpha value is -1.79. The largest absolute Gasteiger partial charge is 0.490 e. The zero-order chi connectivity index (χ0) is 12.3. The summed E-state index contributed by atoms with van der Waals surface area (Å²) in [5.74, 6) is 5.88. The molecule has 2 rings (SSSR count). The third kappa shape index (κ3) is 2.48. The molecule has 0 saturated heterocycles. The van der Waals surface area contributed by atoms with Crippen LogP contribution < -0.4 is 26.5 Å². The molecule has 6 heteroatoms. The fraction of sp³-hybridized carbons (Fsp3) is 0.364. The van der Waals surface area contributed by atoms with Crippen LogP contribution >= 0.6 is 0 Å². The van der Waals surface area contributed by atoms with E-state index in [-0.39, 0.29) is 0 Å². The van der Waals surface area contributed by atoms with E-state index in [9.17, 15) is 4.79 Å². The first-order chi connectivity index (χ1) is 8.22. The van der Waals surface area contributed by atoms with Crippen LogP contribution in [0.1, 0.15) is 18.0 Å². The van der Waals surface area contributed by atoms with Gasteiger partial charge in [0, 0.05) is 6.42 Å². The number of nitrogens with one attached hydrogen (secondary N) is 1. The number of hydrazine groups is 1. The number of nitrogens with two attached hydrogens (primary N) is 2. The van der Waals surface area contributed by atoms with Crippen LogP contribution in [0.25, 0.3) is 0 Å². The van der Waals surface area contributed by atoms with Gasteiger partial charge >= 0.3 is 0 Å². The normalized spacial score (nSPS) is 15.9. The first-order valence-corrected chi connectivity index (χ1v) is 5.38. The lowest BCUT2D eigenvalue weighted by molar-refractivity contribution is -0.122. The first kappa shape index (κ1) is 11.7. The standard InChI is InChI=1S/C11H15N3O3/c12-10(11(15)14-13)7-2-3-8-9(6-7)17-5-1-4-16-8/h2-3,6,10H,1,4-5,12-13H2,(H,14,15). The molecule has 1 amide bonds. The van der Waals surface area contributed by atoms with Crippen LogP contribution in [0.4, 0.5) is 0 Å². The minimum absolute atomic E-state index is 0.445. The number of benzene rings is 1. The van der Waals surface area contributed by atoms with Crippen LogP contribution in [0.3, 0.4) is 0 Å². The first-order valence-electron chi connectivity index (χ1n) is 5.38. The van der Waals surface area contributed by atoms with Gasteiger partial charge in [-0.05, 0) is 17.7 Å². The molecule has 6 nitrogen and oxygen atoms in total. The zero-order valence-electron chi connectivity index (χ0n) is 9.31. The number of carbonyl (C=O) groups excluding carboxylic acids is 1. The Labute approximate surface area is 98.8 Å². The average molecular weight is 237 g/mol. The van der Waals surface area contributed by atoms with Crippen LogP contribution in [0.2, 0.25) is 0 Å². The minimum atomic E-state index is -0.808. The van der Waals surface area contributed by atoms with E-state index in [1.807, 2.05) is 5.43 Å². The van der Waals surface area contributed by atoms with Crippen LogP contribution in [0.5, 0.6) is 11.5 Å². The monoisotopic (exact) mass is 237 g/mol. The van der Waals surface area contributed by atoms with Gasteiger partial charge in [0.1, 0.15) is 6.04 Å². The number of ether oxygens (including phenoxy) is 2. The highest BCUT2D eigenvalue weighted by Gasteiger charge is 2.18. The van der Waals surface area contributed by atoms with Crippen molar-refractivity contribution in [3.8, 4) is 11.5 Å². The Balaban J connectivity index is 2.26. The Morgan fingerprint density at radius 3 is 2.71 bits per heavy atom. The molecule has 0 aliphatic carbocycles. The van der Waals surface area contributed by atoms with Gasteiger partial charge in [0.25, 0.3) is 5.91 Å². The Bertz CT molecular complexity index is 422. The van der Waals surface area contributed by atoms with Crippen molar-refractivity contribution in [3.05, 3.63) is 23.8 Å². The summed E-state index contributed by atoms with van der Waals surface area (Å²) in [6, 6.07) is 4.38. The highest BCUT2D eigenvalue weighted by molar-refractivity contribution is 5.82. The molecule has 1 aliphatic heterocycles. The van der Waals surface area contributed by atoms with Crippen molar-refractivity contribution in [2.24, 2.45) is 11.6 Å². The van der Waals surface area contributed by atoms with Crippen molar-refractivity contribution >= 4 is 5.91 Å². The fourth-order valence-electron chi connectivity index (χ4n) is 1.61. The number of fused-ring (bicyclic) bond motifs is 1. The third-order valence-corrected chi connectivity index (χ3v) is 2.56. The van der Waals surface area contributed by atoms with E-state index < -0.39 is 11.9 Å². The number of carbonyl (C=O) groups is 1. The van der Waals surface area contributed by atoms with Gasteiger partial charge in [-0.2, -0.15) is 0 Å². The summed E-state index contributed by atoms with van der Waals surface area (Å²) in [6.07, 6.45) is 0.833. The Morgan fingerprint density at radius 1 is 1.29 bits per heavy atom. The molecule has 0 aromatic heterocycles. The van der Waals surface area contributed by atoms with E-state index in [2.05, 4.69) is 0 Å². The molecular formula is C11H15N3O3. The number of rotatable bonds is 2. The molecule has 5 N–H and O–H groups in total. The maximum atomic E-state index is 11.3. The number of hydrogen-bond donors (Lipinski definition) is 3. The van der Waals surface area contributed by atoms with Gasteiger partial charge in [0.2, 0.25) is 0 Å². The summed E-state index contributed by atoms with van der Waals surface area (Å²) in [5.41, 5.74) is 8.39. The van der Waals surface area contributed by atoms with E-state index in [0.29, 0.717) is 30.3 Å². The lowest BCUT2D eigenvalue weighted by Crippen LogP contribution is -2.38. The molecule has 0 bridgehead atoms. The lowest BCUT2D eigenvalue weighted by Gasteiger charge is -2.13. The molecule has 1 atom stereocenters. The molecule has 1 unspecified atom stereocenters. The quantitative estimate of drug-likeness (QED) is 0.377. The third-order valence-electron chi connectivity index (χ3n) is 2.56. The minimum Gasteiger partial charge on any atom is -0.490 e. The van der Waals surface area contributed by atoms with Crippen LogP contribution in [-0.2, 0) is 4.79 Å². The second kappa shape index (κ2) is 5.03. The summed E-state index contributed by atoms with van der Waals surface area (Å²) in [5, 5.41) is 0. The average Bonchev–Trinajstić information content (AvgIpc) is 2.61. The summed E-state index contributed by atoms with van der Waals surface area (Å²) >= 11 is 0. The summed E-state index contributed by atoms with van der Waals surface area (Å²) in [6.45, 7) is 1.22. The van der Waals surface area contributed by atoms with Crippen LogP contribution in [0, 0.1) is 0 Å². The van der Waals surface area contributed by atoms with Crippen LogP contribution in [-0.4, -0.2) is 19.1 Å². The van der Waals surface area contributed by atoms with Crippen molar-refractivity contribution in [2.75, 3.05) is 13.2 Å². The Kier molecular flexibility index (Phi) is 3.46. The highest BCUT2D eigenvalue weighted by atomic mass is 16.5. The van der Waals surface area contributed by atoms with Crippen molar-refractivity contribution < 1.29 is 14.3 Å². The van der Waals surface area contributed by atoms with Gasteiger partial charge in [0.05, 0.1) is 13.2 Å². The van der Waals surface area contributed by atoms with Gasteiger partial charge in [-0.1, -0.05) is 6.07 Å². The van der Waals surface area contributed by atoms with Crippen LogP contribution in [0.15, 0.2) is 18.2 Å². The molecule has 0 radical (unpaired) electrons. The smallest absolute Gasteiger partial charge is 0.255 e. The molecule has 1 heterocycles. The zero-order valence-corrected chi connectivity index (χ0v) is 9.31. The lowest BCUT2D eigenvalue weighted by atomic mass is 10.1. The van der Waals surface area contributed by atoms with Gasteiger partial charge in [-0.25, -0.2) is 5.84 Å². The topological polar surface area (TPSA) is 99.6 Å². The second-order valence-electron chi connectivity index (χ2n) is 3.74. The molecule has 1 aromatic carbocycles. The van der Waals surface area contributed by atoms with E-state index in [4.69, 9.17) is 21.1 Å². The van der Waals surface area contributed by atoms with E-state index in [1.165, 1.54) is 0 Å². The molecular weight excluding hydrogens is 222 g/mol. The predicted molar refractivity (Wildman–Crippen MR) is 61.3 cm³/mol. The maximum Gasteiger partial charge on any atom is 0.255 e. The number of amides is 1. The molecule has 0 fully saturated rings. The predicted octanol–water partition coefficient (Wildman–Crippen LogP) is -0.162. The van der Waals surface area contributed by atoms with Gasteiger partial charge < -0.3 is 15.2 Å². The molecule has 92 valence electrons. The summed E-state index contributed by atoms with van der Waals surface area (Å²) in [4.78, 5) is 11.3. The summed E-state index contributed by atoms with van der Waals surface area (Å²) in [7, 11) is 0. The highest BCUT2D eigenvalue weighted by Crippen LogP contribution is 2.31. The van der Waals surface area contributed by atoms with Crippen molar-refractivity contribution in [1.29, 1.82) is 0 Å². The van der Waals surface area contributed by atoms with E-state index in [0.717, 1.165) is 6.42 Å². The molecule has 1 aliphatic rings. The Morgan fingerprint density at radius 2 is 2.00 bits per heavy atom. The molecule has 1 aromatic rings. The van der Waals surface area contributed by atoms with E-state index >= 15 is 0 Å². The van der Waals surface area contributed by atoms with Gasteiger partial charge in [0.15, 0.2) is 11.5 Å². The van der Waals surface area contributed by atoms with Gasteiger partial charge in [-0.3, -0.25) is 10.2 Å². The molecule has 17 heavy (non-hydrogen) atoms. The SMILES string of the molecule is NNC(=O)C(N)c1ccc2c(c1)OCCCO2. The second-order valence-corrected chi connectivity index (χ2v) is 3.74. The number of hydrogen-bond acceptors (Lipinski definition) is 5. The van der Waals surface area contributed by atoms with Crippen molar-refractivity contribution in [2.45, 2.75) is 12.5 Å². The molecule has 0 spiro atoms. The van der Waals surface area contributed by atoms with Crippen molar-refractivity contribution in [3.63, 3.8) is 0 Å². The fourth-order valence-corrected chi connectivity index (χ4v) is 1.61. The van der Waals surface area contributed by atoms with Gasteiger partial charge in [-0.15, -0.1) is 0 Å². The molecule has 0 saturated carbocycles. The summed E-state index contributed by atoms with van der Waals surface area (Å²) < 4.78 is 11.0.